The average Bonchev–Trinajstić information content (AvgIpc) is 3.47. The van der Waals surface area contributed by atoms with Crippen molar-refractivity contribution in [2.75, 3.05) is 12.3 Å². The highest BCUT2D eigenvalue weighted by atomic mass is 32.2. The lowest BCUT2D eigenvalue weighted by molar-refractivity contribution is -0.139. The normalized spacial score (nSPS) is 24.2. The first-order chi connectivity index (χ1) is 17.2. The predicted molar refractivity (Wildman–Crippen MR) is 132 cm³/mol. The highest BCUT2D eigenvalue weighted by Gasteiger charge is 2.50. The minimum Gasteiger partial charge on any atom is -0.480 e. The number of carboxylic acids is 1. The molecule has 198 valence electrons. The highest BCUT2D eigenvalue weighted by molar-refractivity contribution is 8.00. The lowest BCUT2D eigenvalue weighted by Gasteiger charge is -2.26. The van der Waals surface area contributed by atoms with Gasteiger partial charge >= 0.3 is 12.0 Å². The number of carboxylic acid groups (broad SMARTS) is 1. The molecule has 4 amide bonds. The third kappa shape index (κ3) is 7.16. The second-order valence-electron chi connectivity index (χ2n) is 9.45. The number of urea groups is 1. The number of allylic oxidation sites excluding steroid dienone is 2. The van der Waals surface area contributed by atoms with Crippen LogP contribution >= 0.6 is 11.8 Å². The fraction of sp³-hybridized carbons (Fsp3) is 0.667. The Labute approximate surface area is 214 Å². The Hall–Kier alpha value is -2.73. The van der Waals surface area contributed by atoms with Crippen LogP contribution in [-0.2, 0) is 24.0 Å². The molecule has 12 heteroatoms. The van der Waals surface area contributed by atoms with Crippen molar-refractivity contribution in [3.8, 4) is 0 Å². The second kappa shape index (κ2) is 13.0. The zero-order valence-electron chi connectivity index (χ0n) is 20.1. The van der Waals surface area contributed by atoms with Gasteiger partial charge < -0.3 is 21.5 Å². The van der Waals surface area contributed by atoms with E-state index in [1.165, 1.54) is 17.1 Å². The maximum Gasteiger partial charge on any atom is 0.324 e. The molecule has 2 fully saturated rings. The van der Waals surface area contributed by atoms with Crippen molar-refractivity contribution in [1.82, 2.24) is 15.5 Å². The molecule has 0 aromatic heterocycles. The van der Waals surface area contributed by atoms with E-state index in [4.69, 9.17) is 10.8 Å². The van der Waals surface area contributed by atoms with E-state index in [2.05, 4.69) is 10.6 Å². The Morgan fingerprint density at radius 2 is 1.81 bits per heavy atom. The van der Waals surface area contributed by atoms with E-state index >= 15 is 0 Å². The molecule has 4 unspecified atom stereocenters. The van der Waals surface area contributed by atoms with Crippen LogP contribution in [0.25, 0.3) is 0 Å². The number of imide groups is 1. The molecule has 0 spiro atoms. The number of nitrogens with zero attached hydrogens (tertiary/aromatic N) is 1. The van der Waals surface area contributed by atoms with Gasteiger partial charge in [-0.25, -0.2) is 4.79 Å². The van der Waals surface area contributed by atoms with Crippen LogP contribution in [0.1, 0.15) is 57.8 Å². The molecule has 0 saturated carbocycles. The lowest BCUT2D eigenvalue weighted by atomic mass is 9.97. The number of nitrogens with two attached hydrogens (primary N) is 1. The minimum absolute atomic E-state index is 0.0414. The predicted octanol–water partition coefficient (Wildman–Crippen LogP) is 0.754. The van der Waals surface area contributed by atoms with Crippen molar-refractivity contribution in [2.45, 2.75) is 81.2 Å². The summed E-state index contributed by atoms with van der Waals surface area (Å²) in [6.45, 7) is 0.479. The molecule has 36 heavy (non-hydrogen) atoms. The minimum atomic E-state index is -1.02. The summed E-state index contributed by atoms with van der Waals surface area (Å²) < 4.78 is 0. The number of hydrogen-bond donors (Lipinski definition) is 4. The van der Waals surface area contributed by atoms with Crippen molar-refractivity contribution < 1.29 is 33.9 Å². The zero-order chi connectivity index (χ0) is 26.2. The van der Waals surface area contributed by atoms with E-state index in [1.54, 1.807) is 11.8 Å². The first-order valence-corrected chi connectivity index (χ1v) is 13.5. The van der Waals surface area contributed by atoms with Crippen LogP contribution in [-0.4, -0.2) is 81.1 Å². The Kier molecular flexibility index (Phi) is 10.1. The molecule has 2 saturated heterocycles. The quantitative estimate of drug-likeness (QED) is 0.146. The van der Waals surface area contributed by atoms with Crippen LogP contribution in [0.4, 0.5) is 4.79 Å². The lowest BCUT2D eigenvalue weighted by Crippen LogP contribution is -2.44. The molecule has 0 bridgehead atoms. The topological polar surface area (TPSA) is 176 Å². The van der Waals surface area contributed by atoms with Gasteiger partial charge in [0.15, 0.2) is 11.6 Å². The monoisotopic (exact) mass is 522 g/mol. The van der Waals surface area contributed by atoms with Gasteiger partial charge in [0.25, 0.3) is 0 Å². The Morgan fingerprint density at radius 1 is 1.08 bits per heavy atom. The molecule has 0 radical (unpaired) electrons. The number of nitrogens with one attached hydrogen (secondary N) is 2. The SMILES string of the molecule is NC(CCCCNC(=O)CCCCC1SCC2NC(=O)N(C(=O)CCC3C(=O)C=CC3=O)C21)C(=O)O. The summed E-state index contributed by atoms with van der Waals surface area (Å²) in [5.74, 6) is -2.16. The van der Waals surface area contributed by atoms with Gasteiger partial charge in [-0.1, -0.05) is 6.42 Å². The molecule has 0 aromatic carbocycles. The number of ketones is 2. The third-order valence-electron chi connectivity index (χ3n) is 6.85. The van der Waals surface area contributed by atoms with Gasteiger partial charge in [-0.05, 0) is 50.7 Å². The molecule has 11 nitrogen and oxygen atoms in total. The van der Waals surface area contributed by atoms with Crippen LogP contribution in [0.5, 0.6) is 0 Å². The fourth-order valence-electron chi connectivity index (χ4n) is 4.82. The van der Waals surface area contributed by atoms with Crippen molar-refractivity contribution in [3.63, 3.8) is 0 Å². The van der Waals surface area contributed by atoms with E-state index in [-0.39, 0.29) is 53.6 Å². The largest absolute Gasteiger partial charge is 0.480 e. The Balaban J connectivity index is 1.36. The average molecular weight is 523 g/mol. The summed E-state index contributed by atoms with van der Waals surface area (Å²) in [5.41, 5.74) is 5.45. The first kappa shape index (κ1) is 27.9. The molecule has 3 aliphatic rings. The van der Waals surface area contributed by atoms with E-state index in [1.807, 2.05) is 0 Å². The van der Waals surface area contributed by atoms with Gasteiger partial charge in [-0.3, -0.25) is 28.9 Å². The van der Waals surface area contributed by atoms with E-state index < -0.39 is 24.0 Å². The van der Waals surface area contributed by atoms with E-state index in [9.17, 15) is 28.8 Å². The molecule has 0 aromatic rings. The van der Waals surface area contributed by atoms with Gasteiger partial charge in [-0.2, -0.15) is 11.8 Å². The summed E-state index contributed by atoms with van der Waals surface area (Å²) in [6, 6.07) is -1.69. The van der Waals surface area contributed by atoms with Crippen LogP contribution in [0.2, 0.25) is 0 Å². The standard InChI is InChI=1S/C24H34N4O7S/c25-15(23(33)34)5-3-4-12-26-20(31)7-2-1-6-19-22-16(13-36-19)27-24(35)28(22)21(32)11-8-14-17(29)9-10-18(14)30/h9-10,14-16,19,22H,1-8,11-13,25H2,(H,26,31)(H,27,35)(H,33,34). The van der Waals surface area contributed by atoms with Gasteiger partial charge in [0.05, 0.1) is 18.0 Å². The van der Waals surface area contributed by atoms with E-state index in [0.717, 1.165) is 12.8 Å². The summed E-state index contributed by atoms with van der Waals surface area (Å²) in [5, 5.41) is 14.5. The van der Waals surface area contributed by atoms with Gasteiger partial charge in [0.2, 0.25) is 11.8 Å². The molecule has 3 rings (SSSR count). The highest BCUT2D eigenvalue weighted by Crippen LogP contribution is 2.38. The van der Waals surface area contributed by atoms with Crippen LogP contribution in [0.3, 0.4) is 0 Å². The van der Waals surface area contributed by atoms with Crippen LogP contribution in [0.15, 0.2) is 12.2 Å². The Morgan fingerprint density at radius 3 is 2.50 bits per heavy atom. The fourth-order valence-corrected chi connectivity index (χ4v) is 6.40. The van der Waals surface area contributed by atoms with Gasteiger partial charge in [0.1, 0.15) is 6.04 Å². The van der Waals surface area contributed by atoms with Gasteiger partial charge in [-0.15, -0.1) is 0 Å². The summed E-state index contributed by atoms with van der Waals surface area (Å²) in [6.07, 6.45) is 6.78. The number of unbranched alkanes of at least 4 members (excludes halogenated alkanes) is 2. The van der Waals surface area contributed by atoms with Crippen molar-refractivity contribution in [1.29, 1.82) is 0 Å². The summed E-state index contributed by atoms with van der Waals surface area (Å²) >= 11 is 1.70. The number of carbonyl (C=O) groups excluding carboxylic acids is 5. The number of amides is 4. The van der Waals surface area contributed by atoms with Crippen LogP contribution in [0, 0.1) is 5.92 Å². The van der Waals surface area contributed by atoms with E-state index in [0.29, 0.717) is 44.4 Å². The van der Waals surface area contributed by atoms with Crippen molar-refractivity contribution in [3.05, 3.63) is 12.2 Å². The summed E-state index contributed by atoms with van der Waals surface area (Å²) in [7, 11) is 0. The first-order valence-electron chi connectivity index (χ1n) is 12.4. The molecular formula is C24H34N4O7S. The maximum absolute atomic E-state index is 12.9. The number of hydrogen-bond acceptors (Lipinski definition) is 8. The third-order valence-corrected chi connectivity index (χ3v) is 8.34. The number of carbonyl (C=O) groups is 6. The number of aliphatic carboxylic acids is 1. The molecule has 2 aliphatic heterocycles. The number of rotatable bonds is 14. The van der Waals surface area contributed by atoms with Crippen molar-refractivity contribution in [2.24, 2.45) is 11.7 Å². The molecule has 5 N–H and O–H groups in total. The summed E-state index contributed by atoms with van der Waals surface area (Å²) in [4.78, 5) is 72.9. The molecule has 4 atom stereocenters. The Bertz CT molecular complexity index is 906. The number of fused-ring (bicyclic) bond motifs is 1. The molecule has 2 heterocycles. The smallest absolute Gasteiger partial charge is 0.324 e. The molecule has 1 aliphatic carbocycles. The maximum atomic E-state index is 12.9. The van der Waals surface area contributed by atoms with Crippen molar-refractivity contribution >= 4 is 47.1 Å². The molecular weight excluding hydrogens is 488 g/mol. The van der Waals surface area contributed by atoms with Crippen LogP contribution < -0.4 is 16.4 Å². The number of thioether (sulfide) groups is 1. The zero-order valence-corrected chi connectivity index (χ0v) is 21.0. The second-order valence-corrected chi connectivity index (χ2v) is 10.7. The van der Waals surface area contributed by atoms with Gasteiger partial charge in [0, 0.05) is 30.4 Å².